The lowest BCUT2D eigenvalue weighted by Crippen LogP contribution is -2.30. The maximum Gasteiger partial charge on any atom is 0.270 e. The molecule has 10 heteroatoms. The van der Waals surface area contributed by atoms with Crippen molar-refractivity contribution in [2.45, 2.75) is 13.5 Å². The van der Waals surface area contributed by atoms with Gasteiger partial charge in [0.15, 0.2) is 5.13 Å². The molecular weight excluding hydrogens is 454 g/mol. The average Bonchev–Trinajstić information content (AvgIpc) is 3.23. The van der Waals surface area contributed by atoms with Crippen molar-refractivity contribution in [3.05, 3.63) is 104 Å². The summed E-state index contributed by atoms with van der Waals surface area (Å²) in [6.45, 7) is 2.25. The minimum atomic E-state index is -0.609. The molecule has 3 heterocycles. The highest BCUT2D eigenvalue weighted by molar-refractivity contribution is 7.22. The summed E-state index contributed by atoms with van der Waals surface area (Å²) in [7, 11) is 0. The van der Waals surface area contributed by atoms with E-state index in [4.69, 9.17) is 0 Å². The van der Waals surface area contributed by atoms with Crippen molar-refractivity contribution in [1.82, 2.24) is 14.5 Å². The monoisotopic (exact) mass is 471 g/mol. The smallest absolute Gasteiger partial charge is 0.270 e. The molecule has 34 heavy (non-hydrogen) atoms. The van der Waals surface area contributed by atoms with Gasteiger partial charge in [-0.25, -0.2) is 9.97 Å². The number of aryl methyl sites for hydroxylation is 1. The third-order valence-electron chi connectivity index (χ3n) is 5.36. The van der Waals surface area contributed by atoms with Crippen LogP contribution < -0.4 is 10.9 Å². The van der Waals surface area contributed by atoms with Crippen LogP contribution in [0.4, 0.5) is 10.8 Å². The summed E-state index contributed by atoms with van der Waals surface area (Å²) in [4.78, 5) is 45.6. The number of carbonyl (C=O) groups excluding carboxylic acids is 1. The predicted molar refractivity (Wildman–Crippen MR) is 131 cm³/mol. The van der Waals surface area contributed by atoms with Crippen LogP contribution >= 0.6 is 11.3 Å². The minimum absolute atomic E-state index is 0.0437. The van der Waals surface area contributed by atoms with E-state index in [0.717, 1.165) is 22.5 Å². The second-order valence-electron chi connectivity index (χ2n) is 7.73. The molecule has 0 saturated heterocycles. The fraction of sp³-hybridized carbons (Fsp3) is 0.0833. The van der Waals surface area contributed by atoms with Crippen molar-refractivity contribution in [2.24, 2.45) is 0 Å². The SMILES string of the molecule is Cc1ccc(Cn2c(=O)c(C(=O)Nc3nc4ccc([N+](=O)[O-])cc4s3)cc3cccnc32)cc1. The highest BCUT2D eigenvalue weighted by atomic mass is 32.1. The third-order valence-corrected chi connectivity index (χ3v) is 6.29. The fourth-order valence-corrected chi connectivity index (χ4v) is 4.53. The molecule has 9 nitrogen and oxygen atoms in total. The first-order valence-corrected chi connectivity index (χ1v) is 11.1. The van der Waals surface area contributed by atoms with Crippen LogP contribution in [0.5, 0.6) is 0 Å². The minimum Gasteiger partial charge on any atom is -0.298 e. The Morgan fingerprint density at radius 1 is 1.15 bits per heavy atom. The van der Waals surface area contributed by atoms with Gasteiger partial charge in [-0.3, -0.25) is 29.6 Å². The van der Waals surface area contributed by atoms with Crippen LogP contribution in [0, 0.1) is 17.0 Å². The Morgan fingerprint density at radius 3 is 2.71 bits per heavy atom. The summed E-state index contributed by atoms with van der Waals surface area (Å²) in [5.41, 5.74) is 2.44. The van der Waals surface area contributed by atoms with Gasteiger partial charge in [-0.1, -0.05) is 41.2 Å². The van der Waals surface area contributed by atoms with E-state index in [1.807, 2.05) is 31.2 Å². The molecule has 0 bridgehead atoms. The lowest BCUT2D eigenvalue weighted by atomic mass is 10.1. The number of pyridine rings is 2. The van der Waals surface area contributed by atoms with Gasteiger partial charge in [-0.05, 0) is 36.8 Å². The molecule has 0 atom stereocenters. The van der Waals surface area contributed by atoms with Gasteiger partial charge in [0, 0.05) is 23.7 Å². The Balaban J connectivity index is 1.53. The molecule has 5 rings (SSSR count). The molecule has 0 unspecified atom stereocenters. The first-order chi connectivity index (χ1) is 16.4. The van der Waals surface area contributed by atoms with E-state index in [0.29, 0.717) is 21.3 Å². The Morgan fingerprint density at radius 2 is 1.94 bits per heavy atom. The van der Waals surface area contributed by atoms with E-state index in [1.165, 1.54) is 28.8 Å². The van der Waals surface area contributed by atoms with E-state index in [1.54, 1.807) is 18.3 Å². The quantitative estimate of drug-likeness (QED) is 0.297. The molecule has 0 aliphatic rings. The molecule has 0 aliphatic carbocycles. The normalized spacial score (nSPS) is 11.1. The van der Waals surface area contributed by atoms with Gasteiger partial charge in [-0.2, -0.15) is 0 Å². The number of nitrogens with zero attached hydrogens (tertiary/aromatic N) is 4. The van der Waals surface area contributed by atoms with Crippen molar-refractivity contribution in [3.63, 3.8) is 0 Å². The van der Waals surface area contributed by atoms with Gasteiger partial charge in [0.2, 0.25) is 0 Å². The Bertz CT molecular complexity index is 1640. The van der Waals surface area contributed by atoms with Gasteiger partial charge in [0.05, 0.1) is 21.7 Å². The molecule has 0 aliphatic heterocycles. The van der Waals surface area contributed by atoms with E-state index >= 15 is 0 Å². The van der Waals surface area contributed by atoms with E-state index < -0.39 is 16.4 Å². The molecule has 168 valence electrons. The van der Waals surface area contributed by atoms with Crippen molar-refractivity contribution >= 4 is 49.3 Å². The summed E-state index contributed by atoms with van der Waals surface area (Å²) >= 11 is 1.10. The Kier molecular flexibility index (Phi) is 5.34. The van der Waals surface area contributed by atoms with Gasteiger partial charge in [0.25, 0.3) is 17.2 Å². The summed E-state index contributed by atoms with van der Waals surface area (Å²) in [5.74, 6) is -0.609. The number of nitro groups is 1. The number of thiazole rings is 1. The van der Waals surface area contributed by atoms with Crippen LogP contribution in [0.2, 0.25) is 0 Å². The first kappa shape index (κ1) is 21.4. The molecule has 0 spiro atoms. The largest absolute Gasteiger partial charge is 0.298 e. The van der Waals surface area contributed by atoms with Crippen molar-refractivity contribution in [2.75, 3.05) is 5.32 Å². The van der Waals surface area contributed by atoms with Crippen LogP contribution in [-0.2, 0) is 6.54 Å². The van der Waals surface area contributed by atoms with Crippen LogP contribution in [0.3, 0.4) is 0 Å². The molecule has 0 fully saturated rings. The van der Waals surface area contributed by atoms with Crippen LogP contribution in [0.25, 0.3) is 21.3 Å². The fourth-order valence-electron chi connectivity index (χ4n) is 3.64. The van der Waals surface area contributed by atoms with Crippen molar-refractivity contribution in [1.29, 1.82) is 0 Å². The first-order valence-electron chi connectivity index (χ1n) is 10.3. The molecule has 5 aromatic rings. The van der Waals surface area contributed by atoms with Gasteiger partial charge >= 0.3 is 0 Å². The molecule has 0 radical (unpaired) electrons. The molecule has 0 saturated carbocycles. The lowest BCUT2D eigenvalue weighted by molar-refractivity contribution is -0.384. The van der Waals surface area contributed by atoms with Gasteiger partial charge in [0.1, 0.15) is 11.2 Å². The zero-order valence-corrected chi connectivity index (χ0v) is 18.7. The van der Waals surface area contributed by atoms with Crippen LogP contribution in [0.1, 0.15) is 21.5 Å². The summed E-state index contributed by atoms with van der Waals surface area (Å²) in [6.07, 6.45) is 1.60. The number of aromatic nitrogens is 3. The predicted octanol–water partition coefficient (Wildman–Crippen LogP) is 4.52. The highest BCUT2D eigenvalue weighted by Gasteiger charge is 2.19. The Hall–Kier alpha value is -4.44. The number of non-ortho nitro benzene ring substituents is 1. The summed E-state index contributed by atoms with van der Waals surface area (Å²) in [6, 6.07) is 17.1. The molecule has 1 amide bonds. The van der Waals surface area contributed by atoms with Crippen molar-refractivity contribution < 1.29 is 9.72 Å². The van der Waals surface area contributed by atoms with E-state index in [2.05, 4.69) is 15.3 Å². The molecular formula is C24H17N5O4S. The van der Waals surface area contributed by atoms with E-state index in [-0.39, 0.29) is 22.9 Å². The van der Waals surface area contributed by atoms with E-state index in [9.17, 15) is 19.7 Å². The molecule has 1 N–H and O–H groups in total. The number of amides is 1. The third kappa shape index (κ3) is 4.02. The maximum absolute atomic E-state index is 13.3. The zero-order valence-electron chi connectivity index (χ0n) is 17.9. The highest BCUT2D eigenvalue weighted by Crippen LogP contribution is 2.29. The molecule has 3 aromatic heterocycles. The number of nitro benzene ring substituents is 1. The van der Waals surface area contributed by atoms with Gasteiger partial charge < -0.3 is 0 Å². The summed E-state index contributed by atoms with van der Waals surface area (Å²) in [5, 5.41) is 14.6. The Labute approximate surface area is 196 Å². The number of hydrogen-bond acceptors (Lipinski definition) is 7. The number of benzene rings is 2. The molecule has 2 aromatic carbocycles. The number of rotatable bonds is 5. The average molecular weight is 471 g/mol. The number of nitrogens with one attached hydrogen (secondary N) is 1. The van der Waals surface area contributed by atoms with Crippen LogP contribution in [0.15, 0.2) is 71.7 Å². The van der Waals surface area contributed by atoms with Crippen LogP contribution in [-0.4, -0.2) is 25.4 Å². The van der Waals surface area contributed by atoms with Gasteiger partial charge in [-0.15, -0.1) is 0 Å². The zero-order chi connectivity index (χ0) is 23.8. The number of carbonyl (C=O) groups is 1. The lowest BCUT2D eigenvalue weighted by Gasteiger charge is -2.12. The number of hydrogen-bond donors (Lipinski definition) is 1. The maximum atomic E-state index is 13.3. The topological polar surface area (TPSA) is 120 Å². The second kappa shape index (κ2) is 8.49. The van der Waals surface area contributed by atoms with Crippen molar-refractivity contribution in [3.8, 4) is 0 Å². The standard InChI is InChI=1S/C24H17N5O4S/c1-14-4-6-15(7-5-14)13-28-21-16(3-2-10-25-21)11-18(23(28)31)22(30)27-24-26-19-9-8-17(29(32)33)12-20(19)34-24/h2-12H,13H2,1H3,(H,26,27,30). The summed E-state index contributed by atoms with van der Waals surface area (Å²) < 4.78 is 2.04. The number of fused-ring (bicyclic) bond motifs is 2. The second-order valence-corrected chi connectivity index (χ2v) is 8.76. The number of anilines is 1.